The molecule has 5 heteroatoms. The molecule has 0 saturated carbocycles. The summed E-state index contributed by atoms with van der Waals surface area (Å²) in [6.45, 7) is 7.32. The highest BCUT2D eigenvalue weighted by molar-refractivity contribution is 5.94. The van der Waals surface area contributed by atoms with E-state index < -0.39 is 0 Å². The number of hydrogen-bond acceptors (Lipinski definition) is 4. The maximum Gasteiger partial charge on any atom is 0.320 e. The number of carbonyl (C=O) groups is 2. The summed E-state index contributed by atoms with van der Waals surface area (Å²) >= 11 is 0. The molecule has 1 fully saturated rings. The molecule has 22 heavy (non-hydrogen) atoms. The molecule has 0 aromatic heterocycles. The van der Waals surface area contributed by atoms with Gasteiger partial charge in [-0.15, -0.1) is 0 Å². The van der Waals surface area contributed by atoms with E-state index in [0.717, 1.165) is 12.0 Å². The maximum atomic E-state index is 12.4. The lowest BCUT2D eigenvalue weighted by molar-refractivity contribution is -0.144. The lowest BCUT2D eigenvalue weighted by Crippen LogP contribution is -2.50. The average molecular weight is 304 g/mol. The second-order valence-electron chi connectivity index (χ2n) is 5.42. The van der Waals surface area contributed by atoms with Gasteiger partial charge in [0, 0.05) is 31.7 Å². The summed E-state index contributed by atoms with van der Waals surface area (Å²) in [5, 5.41) is 0. The van der Waals surface area contributed by atoms with E-state index in [0.29, 0.717) is 39.3 Å². The number of hydrogen-bond donors (Lipinski definition) is 0. The molecule has 0 spiro atoms. The van der Waals surface area contributed by atoms with Gasteiger partial charge in [0.2, 0.25) is 0 Å². The largest absolute Gasteiger partial charge is 0.465 e. The lowest BCUT2D eigenvalue weighted by Gasteiger charge is -2.34. The summed E-state index contributed by atoms with van der Waals surface area (Å²) in [4.78, 5) is 27.8. The molecule has 0 bridgehead atoms. The minimum atomic E-state index is -0.197. The Hall–Kier alpha value is -1.88. The molecule has 0 atom stereocenters. The van der Waals surface area contributed by atoms with Crippen molar-refractivity contribution in [2.45, 2.75) is 20.3 Å². The van der Waals surface area contributed by atoms with Crippen LogP contribution in [0.3, 0.4) is 0 Å². The zero-order valence-corrected chi connectivity index (χ0v) is 13.4. The minimum Gasteiger partial charge on any atom is -0.465 e. The molecule has 5 nitrogen and oxygen atoms in total. The first kappa shape index (κ1) is 16.5. The highest BCUT2D eigenvalue weighted by Gasteiger charge is 2.23. The van der Waals surface area contributed by atoms with E-state index in [-0.39, 0.29) is 11.9 Å². The first-order chi connectivity index (χ1) is 10.6. The number of nitrogens with zero attached hydrogens (tertiary/aromatic N) is 2. The molecule has 0 unspecified atom stereocenters. The molecule has 2 rings (SSSR count). The summed E-state index contributed by atoms with van der Waals surface area (Å²) in [7, 11) is 0. The molecule has 1 aliphatic rings. The molecular weight excluding hydrogens is 280 g/mol. The van der Waals surface area contributed by atoms with E-state index in [1.807, 2.05) is 34.1 Å². The number of esters is 1. The molecule has 0 radical (unpaired) electrons. The third kappa shape index (κ3) is 4.31. The molecule has 1 aliphatic heterocycles. The summed E-state index contributed by atoms with van der Waals surface area (Å²) < 4.78 is 4.95. The number of carbonyl (C=O) groups excluding carboxylic acids is 2. The van der Waals surface area contributed by atoms with Gasteiger partial charge in [0.1, 0.15) is 0 Å². The Bertz CT molecular complexity index is 505. The second kappa shape index (κ2) is 7.94. The summed E-state index contributed by atoms with van der Waals surface area (Å²) in [6, 6.07) is 7.80. The monoisotopic (exact) mass is 304 g/mol. The molecule has 1 aromatic rings. The van der Waals surface area contributed by atoms with Crippen molar-refractivity contribution in [1.82, 2.24) is 9.80 Å². The van der Waals surface area contributed by atoms with Crippen LogP contribution in [0.2, 0.25) is 0 Å². The average Bonchev–Trinajstić information content (AvgIpc) is 2.55. The number of aryl methyl sites for hydroxylation is 1. The van der Waals surface area contributed by atoms with Crippen LogP contribution in [-0.2, 0) is 16.0 Å². The fourth-order valence-electron chi connectivity index (χ4n) is 2.56. The fraction of sp³-hybridized carbons (Fsp3) is 0.529. The Balaban J connectivity index is 1.85. The minimum absolute atomic E-state index is 0.0680. The number of amides is 1. The summed E-state index contributed by atoms with van der Waals surface area (Å²) in [5.41, 5.74) is 1.96. The number of piperazine rings is 1. The van der Waals surface area contributed by atoms with E-state index in [1.54, 1.807) is 6.92 Å². The van der Waals surface area contributed by atoms with E-state index in [4.69, 9.17) is 4.74 Å². The van der Waals surface area contributed by atoms with Crippen molar-refractivity contribution in [3.63, 3.8) is 0 Å². The van der Waals surface area contributed by atoms with E-state index in [9.17, 15) is 9.59 Å². The van der Waals surface area contributed by atoms with Gasteiger partial charge < -0.3 is 9.64 Å². The van der Waals surface area contributed by atoms with Crippen LogP contribution in [0, 0.1) is 0 Å². The van der Waals surface area contributed by atoms with E-state index in [1.165, 1.54) is 5.56 Å². The predicted octanol–water partition coefficient (Wildman–Crippen LogP) is 1.57. The van der Waals surface area contributed by atoms with Crippen LogP contribution in [0.1, 0.15) is 29.8 Å². The van der Waals surface area contributed by atoms with Crippen LogP contribution in [0.25, 0.3) is 0 Å². The topological polar surface area (TPSA) is 49.9 Å². The zero-order chi connectivity index (χ0) is 15.9. The Morgan fingerprint density at radius 1 is 1.05 bits per heavy atom. The van der Waals surface area contributed by atoms with Crippen molar-refractivity contribution >= 4 is 11.9 Å². The first-order valence-corrected chi connectivity index (χ1v) is 7.90. The second-order valence-corrected chi connectivity index (χ2v) is 5.42. The summed E-state index contributed by atoms with van der Waals surface area (Å²) in [5.74, 6) is -0.129. The van der Waals surface area contributed by atoms with Crippen LogP contribution >= 0.6 is 0 Å². The van der Waals surface area contributed by atoms with Crippen LogP contribution in [0.4, 0.5) is 0 Å². The van der Waals surface area contributed by atoms with E-state index >= 15 is 0 Å². The van der Waals surface area contributed by atoms with Gasteiger partial charge in [-0.3, -0.25) is 14.5 Å². The van der Waals surface area contributed by atoms with Gasteiger partial charge in [-0.2, -0.15) is 0 Å². The third-order valence-corrected chi connectivity index (χ3v) is 3.93. The Kier molecular flexibility index (Phi) is 5.95. The maximum absolute atomic E-state index is 12.4. The lowest BCUT2D eigenvalue weighted by atomic mass is 10.1. The zero-order valence-electron chi connectivity index (χ0n) is 13.4. The molecule has 1 aromatic carbocycles. The quantitative estimate of drug-likeness (QED) is 0.775. The first-order valence-electron chi connectivity index (χ1n) is 7.90. The smallest absolute Gasteiger partial charge is 0.320 e. The number of ether oxygens (including phenoxy) is 1. The SMILES string of the molecule is CCOC(=O)CN1CCN(C(=O)c2ccc(CC)cc2)CC1. The van der Waals surface area contributed by atoms with Gasteiger partial charge in [0.05, 0.1) is 13.2 Å². The van der Waals surface area contributed by atoms with Crippen molar-refractivity contribution in [2.24, 2.45) is 0 Å². The van der Waals surface area contributed by atoms with Gasteiger partial charge in [0.15, 0.2) is 0 Å². The van der Waals surface area contributed by atoms with Crippen molar-refractivity contribution in [3.8, 4) is 0 Å². The van der Waals surface area contributed by atoms with Crippen LogP contribution in [-0.4, -0.2) is 61.0 Å². The molecule has 1 amide bonds. The fourth-order valence-corrected chi connectivity index (χ4v) is 2.56. The van der Waals surface area contributed by atoms with E-state index in [2.05, 4.69) is 6.92 Å². The molecule has 0 N–H and O–H groups in total. The van der Waals surface area contributed by atoms with Gasteiger partial charge in [-0.1, -0.05) is 19.1 Å². The van der Waals surface area contributed by atoms with Crippen molar-refractivity contribution in [1.29, 1.82) is 0 Å². The van der Waals surface area contributed by atoms with Crippen LogP contribution < -0.4 is 0 Å². The Morgan fingerprint density at radius 3 is 2.23 bits per heavy atom. The van der Waals surface area contributed by atoms with Crippen molar-refractivity contribution in [2.75, 3.05) is 39.3 Å². The van der Waals surface area contributed by atoms with Gasteiger partial charge in [-0.25, -0.2) is 0 Å². The number of rotatable bonds is 5. The Labute approximate surface area is 131 Å². The molecule has 0 aliphatic carbocycles. The molecule has 1 heterocycles. The molecule has 1 saturated heterocycles. The van der Waals surface area contributed by atoms with Crippen LogP contribution in [0.15, 0.2) is 24.3 Å². The molecule has 120 valence electrons. The normalized spacial score (nSPS) is 15.6. The highest BCUT2D eigenvalue weighted by atomic mass is 16.5. The van der Waals surface area contributed by atoms with Crippen molar-refractivity contribution in [3.05, 3.63) is 35.4 Å². The third-order valence-electron chi connectivity index (χ3n) is 3.93. The standard InChI is InChI=1S/C17H24N2O3/c1-3-14-5-7-15(8-6-14)17(21)19-11-9-18(10-12-19)13-16(20)22-4-2/h5-8H,3-4,9-13H2,1-2H3. The number of benzene rings is 1. The molecular formula is C17H24N2O3. The highest BCUT2D eigenvalue weighted by Crippen LogP contribution is 2.11. The summed E-state index contributed by atoms with van der Waals surface area (Å²) in [6.07, 6.45) is 0.973. The van der Waals surface area contributed by atoms with Gasteiger partial charge >= 0.3 is 5.97 Å². The van der Waals surface area contributed by atoms with Crippen LogP contribution in [0.5, 0.6) is 0 Å². The van der Waals surface area contributed by atoms with Gasteiger partial charge in [0.25, 0.3) is 5.91 Å². The Morgan fingerprint density at radius 2 is 1.68 bits per heavy atom. The van der Waals surface area contributed by atoms with Crippen molar-refractivity contribution < 1.29 is 14.3 Å². The van der Waals surface area contributed by atoms with Gasteiger partial charge in [-0.05, 0) is 31.0 Å². The predicted molar refractivity (Wildman–Crippen MR) is 84.8 cm³/mol.